The predicted molar refractivity (Wildman–Crippen MR) is 96.4 cm³/mol. The Labute approximate surface area is 153 Å². The molecule has 1 N–H and O–H groups in total. The summed E-state index contributed by atoms with van der Waals surface area (Å²) in [4.78, 5) is 29.0. The standard InChI is InChI=1S/C17H14ClN3O3S/c1-11(16(22)20-14-5-4-12(18)10-19-14)24-17(23)15-13(6-9-25-15)21-7-2-3-8-21/h2-11H,1H3,(H,19,20,22). The molecule has 1 unspecified atom stereocenters. The van der Waals surface area contributed by atoms with Gasteiger partial charge in [0.05, 0.1) is 10.7 Å². The minimum Gasteiger partial charge on any atom is -0.448 e. The van der Waals surface area contributed by atoms with Crippen LogP contribution in [-0.2, 0) is 9.53 Å². The van der Waals surface area contributed by atoms with Gasteiger partial charge in [-0.15, -0.1) is 11.3 Å². The molecule has 0 aliphatic rings. The van der Waals surface area contributed by atoms with Gasteiger partial charge in [0.1, 0.15) is 10.7 Å². The van der Waals surface area contributed by atoms with E-state index in [1.54, 1.807) is 17.5 Å². The number of rotatable bonds is 5. The summed E-state index contributed by atoms with van der Waals surface area (Å²) < 4.78 is 7.10. The zero-order chi connectivity index (χ0) is 17.8. The molecule has 3 heterocycles. The Hall–Kier alpha value is -2.64. The molecule has 0 aliphatic heterocycles. The van der Waals surface area contributed by atoms with Gasteiger partial charge in [-0.3, -0.25) is 4.79 Å². The van der Waals surface area contributed by atoms with Crippen LogP contribution in [0.1, 0.15) is 16.6 Å². The van der Waals surface area contributed by atoms with E-state index in [0.29, 0.717) is 21.4 Å². The van der Waals surface area contributed by atoms with E-state index in [1.165, 1.54) is 24.5 Å². The molecule has 6 nitrogen and oxygen atoms in total. The second-order valence-corrected chi connectivity index (χ2v) is 6.48. The summed E-state index contributed by atoms with van der Waals surface area (Å²) in [6.07, 6.45) is 4.12. The Morgan fingerprint density at radius 2 is 2.04 bits per heavy atom. The van der Waals surface area contributed by atoms with Crippen LogP contribution in [0.25, 0.3) is 5.69 Å². The van der Waals surface area contributed by atoms with Gasteiger partial charge in [-0.2, -0.15) is 0 Å². The van der Waals surface area contributed by atoms with Crippen LogP contribution < -0.4 is 5.32 Å². The first-order valence-electron chi connectivity index (χ1n) is 7.39. The smallest absolute Gasteiger partial charge is 0.351 e. The molecule has 0 bridgehead atoms. The highest BCUT2D eigenvalue weighted by Gasteiger charge is 2.22. The second-order valence-electron chi connectivity index (χ2n) is 5.12. The number of pyridine rings is 1. The van der Waals surface area contributed by atoms with Crippen LogP contribution in [0, 0.1) is 0 Å². The van der Waals surface area contributed by atoms with Crippen LogP contribution in [0.3, 0.4) is 0 Å². The molecule has 8 heteroatoms. The lowest BCUT2D eigenvalue weighted by atomic mass is 10.3. The third kappa shape index (κ3) is 4.07. The second kappa shape index (κ2) is 7.50. The van der Waals surface area contributed by atoms with Gasteiger partial charge < -0.3 is 14.6 Å². The Morgan fingerprint density at radius 3 is 2.72 bits per heavy atom. The van der Waals surface area contributed by atoms with Gasteiger partial charge in [0.15, 0.2) is 6.10 Å². The maximum atomic E-state index is 12.4. The lowest BCUT2D eigenvalue weighted by Gasteiger charge is -2.13. The van der Waals surface area contributed by atoms with E-state index in [4.69, 9.17) is 16.3 Å². The van der Waals surface area contributed by atoms with E-state index in [0.717, 1.165) is 0 Å². The highest BCUT2D eigenvalue weighted by Crippen LogP contribution is 2.23. The highest BCUT2D eigenvalue weighted by molar-refractivity contribution is 7.12. The molecule has 1 amide bonds. The summed E-state index contributed by atoms with van der Waals surface area (Å²) in [5.74, 6) is -0.686. The van der Waals surface area contributed by atoms with Gasteiger partial charge in [0, 0.05) is 18.6 Å². The maximum Gasteiger partial charge on any atom is 0.351 e. The van der Waals surface area contributed by atoms with Crippen molar-refractivity contribution in [1.29, 1.82) is 0 Å². The number of esters is 1. The molecule has 25 heavy (non-hydrogen) atoms. The largest absolute Gasteiger partial charge is 0.448 e. The fraction of sp³-hybridized carbons (Fsp3) is 0.118. The van der Waals surface area contributed by atoms with Gasteiger partial charge in [-0.1, -0.05) is 11.6 Å². The number of hydrogen-bond donors (Lipinski definition) is 1. The summed E-state index contributed by atoms with van der Waals surface area (Å²) in [6.45, 7) is 1.51. The molecule has 0 radical (unpaired) electrons. The zero-order valence-electron chi connectivity index (χ0n) is 13.2. The van der Waals surface area contributed by atoms with Crippen LogP contribution in [0.2, 0.25) is 5.02 Å². The van der Waals surface area contributed by atoms with Gasteiger partial charge in [-0.05, 0) is 42.6 Å². The van der Waals surface area contributed by atoms with Crippen molar-refractivity contribution >= 4 is 40.6 Å². The maximum absolute atomic E-state index is 12.4. The molecule has 3 aromatic rings. The Kier molecular flexibility index (Phi) is 5.16. The van der Waals surface area contributed by atoms with Crippen LogP contribution >= 0.6 is 22.9 Å². The fourth-order valence-corrected chi connectivity index (χ4v) is 2.98. The summed E-state index contributed by atoms with van der Waals surface area (Å²) in [5, 5.41) is 4.84. The lowest BCUT2D eigenvalue weighted by molar-refractivity contribution is -0.123. The van der Waals surface area contributed by atoms with Crippen molar-refractivity contribution in [2.24, 2.45) is 0 Å². The van der Waals surface area contributed by atoms with E-state index in [2.05, 4.69) is 10.3 Å². The monoisotopic (exact) mass is 375 g/mol. The van der Waals surface area contributed by atoms with Gasteiger partial charge in [0.2, 0.25) is 0 Å². The number of nitrogens with zero attached hydrogens (tertiary/aromatic N) is 2. The van der Waals surface area contributed by atoms with E-state index in [1.807, 2.05) is 35.2 Å². The fourth-order valence-electron chi connectivity index (χ4n) is 2.10. The minimum absolute atomic E-state index is 0.335. The van der Waals surface area contributed by atoms with Crippen LogP contribution in [0.4, 0.5) is 5.82 Å². The Balaban J connectivity index is 1.65. The molecule has 0 aromatic carbocycles. The molecule has 3 rings (SSSR count). The van der Waals surface area contributed by atoms with Crippen molar-refractivity contribution in [3.63, 3.8) is 0 Å². The number of anilines is 1. The summed E-state index contributed by atoms with van der Waals surface area (Å²) in [5.41, 5.74) is 0.715. The average Bonchev–Trinajstić information content (AvgIpc) is 3.27. The van der Waals surface area contributed by atoms with Crippen molar-refractivity contribution < 1.29 is 14.3 Å². The normalized spacial score (nSPS) is 11.8. The molecular formula is C17H14ClN3O3S. The quantitative estimate of drug-likeness (QED) is 0.689. The summed E-state index contributed by atoms with van der Waals surface area (Å²) >= 11 is 7.01. The third-order valence-corrected chi connectivity index (χ3v) is 4.45. The molecule has 3 aromatic heterocycles. The molecule has 0 saturated carbocycles. The number of amides is 1. The van der Waals surface area contributed by atoms with Crippen molar-refractivity contribution in [2.45, 2.75) is 13.0 Å². The van der Waals surface area contributed by atoms with Crippen molar-refractivity contribution in [3.05, 3.63) is 64.2 Å². The average molecular weight is 376 g/mol. The molecule has 0 spiro atoms. The summed E-state index contributed by atoms with van der Waals surface area (Å²) in [6, 6.07) is 8.72. The lowest BCUT2D eigenvalue weighted by Crippen LogP contribution is -2.30. The van der Waals surface area contributed by atoms with Crippen LogP contribution in [-0.4, -0.2) is 27.5 Å². The SMILES string of the molecule is CC(OC(=O)c1sccc1-n1cccc1)C(=O)Nc1ccc(Cl)cn1. The van der Waals surface area contributed by atoms with Gasteiger partial charge >= 0.3 is 5.97 Å². The number of hydrogen-bond acceptors (Lipinski definition) is 5. The summed E-state index contributed by atoms with van der Waals surface area (Å²) in [7, 11) is 0. The number of nitrogens with one attached hydrogen (secondary N) is 1. The predicted octanol–water partition coefficient (Wildman–Crippen LogP) is 3.77. The van der Waals surface area contributed by atoms with Crippen molar-refractivity contribution in [2.75, 3.05) is 5.32 Å². The number of aromatic nitrogens is 2. The van der Waals surface area contributed by atoms with Gasteiger partial charge in [-0.25, -0.2) is 9.78 Å². The molecule has 0 fully saturated rings. The molecule has 0 aliphatic carbocycles. The number of halogens is 1. The minimum atomic E-state index is -0.968. The molecule has 1 atom stereocenters. The van der Waals surface area contributed by atoms with Crippen molar-refractivity contribution in [1.82, 2.24) is 9.55 Å². The van der Waals surface area contributed by atoms with Gasteiger partial charge in [0.25, 0.3) is 5.91 Å². The third-order valence-electron chi connectivity index (χ3n) is 3.34. The first kappa shape index (κ1) is 17.2. The van der Waals surface area contributed by atoms with Crippen LogP contribution in [0.15, 0.2) is 54.3 Å². The number of ether oxygens (including phenoxy) is 1. The van der Waals surface area contributed by atoms with E-state index >= 15 is 0 Å². The molecule has 0 saturated heterocycles. The molecule has 128 valence electrons. The first-order chi connectivity index (χ1) is 12.0. The Morgan fingerprint density at radius 1 is 1.28 bits per heavy atom. The van der Waals surface area contributed by atoms with E-state index in [-0.39, 0.29) is 0 Å². The molecular weight excluding hydrogens is 362 g/mol. The number of carbonyl (C=O) groups excluding carboxylic acids is 2. The zero-order valence-corrected chi connectivity index (χ0v) is 14.8. The first-order valence-corrected chi connectivity index (χ1v) is 8.64. The van der Waals surface area contributed by atoms with Crippen molar-refractivity contribution in [3.8, 4) is 5.69 Å². The Bertz CT molecular complexity index is 875. The number of carbonyl (C=O) groups is 2. The van der Waals surface area contributed by atoms with E-state index in [9.17, 15) is 9.59 Å². The van der Waals surface area contributed by atoms with E-state index < -0.39 is 18.0 Å². The number of thiophene rings is 1. The topological polar surface area (TPSA) is 73.2 Å². The van der Waals surface area contributed by atoms with Crippen LogP contribution in [0.5, 0.6) is 0 Å². The highest BCUT2D eigenvalue weighted by atomic mass is 35.5.